The van der Waals surface area contributed by atoms with Crippen LogP contribution >= 0.6 is 0 Å². The minimum absolute atomic E-state index is 0.0689. The van der Waals surface area contributed by atoms with Crippen molar-refractivity contribution in [1.29, 1.82) is 0 Å². The third-order valence-electron chi connectivity index (χ3n) is 4.07. The van der Waals surface area contributed by atoms with Crippen molar-refractivity contribution in [1.82, 2.24) is 9.55 Å². The average molecular weight is 438 g/mol. The van der Waals surface area contributed by atoms with Gasteiger partial charge in [-0.1, -0.05) is 24.3 Å². The third kappa shape index (κ3) is 4.16. The molecule has 1 heterocycles. The number of hydrogen-bond donors (Lipinski definition) is 0. The molecule has 0 unspecified atom stereocenters. The quantitative estimate of drug-likeness (QED) is 0.344. The highest BCUT2D eigenvalue weighted by Gasteiger charge is 2.48. The van der Waals surface area contributed by atoms with Crippen LogP contribution in [0.1, 0.15) is 17.0 Å². The monoisotopic (exact) mass is 438 g/mol. The predicted molar refractivity (Wildman–Crippen MR) is 90.6 cm³/mol. The number of halogens is 6. The van der Waals surface area contributed by atoms with Crippen LogP contribution in [-0.4, -0.2) is 23.5 Å². The first kappa shape index (κ1) is 21.0. The molecule has 1 aromatic heterocycles. The van der Waals surface area contributed by atoms with Crippen LogP contribution in [0, 0.1) is 0 Å². The zero-order valence-corrected chi connectivity index (χ0v) is 15.4. The molecular formula is C17H12F6N2O3S. The largest absolute Gasteiger partial charge is 0.534 e. The molecule has 156 valence electrons. The maximum Gasteiger partial charge on any atom is 0.534 e. The molecular weight excluding hydrogens is 426 g/mol. The summed E-state index contributed by atoms with van der Waals surface area (Å²) in [6.07, 6.45) is -4.60. The molecule has 0 radical (unpaired) electrons. The summed E-state index contributed by atoms with van der Waals surface area (Å²) in [5.74, 6) is -0.425. The van der Waals surface area contributed by atoms with Gasteiger partial charge in [0.25, 0.3) is 0 Å². The number of benzene rings is 2. The van der Waals surface area contributed by atoms with Gasteiger partial charge in [-0.3, -0.25) is 0 Å². The lowest BCUT2D eigenvalue weighted by Gasteiger charge is -2.09. The van der Waals surface area contributed by atoms with Crippen LogP contribution in [0.5, 0.6) is 5.75 Å². The number of aryl methyl sites for hydroxylation is 1. The van der Waals surface area contributed by atoms with E-state index in [0.717, 1.165) is 18.2 Å². The van der Waals surface area contributed by atoms with Crippen LogP contribution in [0.3, 0.4) is 0 Å². The topological polar surface area (TPSA) is 61.2 Å². The van der Waals surface area contributed by atoms with Crippen molar-refractivity contribution in [2.75, 3.05) is 0 Å². The number of para-hydroxylation sites is 1. The standard InChI is InChI=1S/C17H12F6N2O3S/c1-25-12-6-3-7-13(28-29(26,27)17(21,22)23)15(12)24-14(25)9-10-4-2-5-11(8-10)16(18,19)20/h2-8H,9H2,1H3. The summed E-state index contributed by atoms with van der Waals surface area (Å²) in [6, 6.07) is 8.26. The summed E-state index contributed by atoms with van der Waals surface area (Å²) in [6.45, 7) is 0. The van der Waals surface area contributed by atoms with E-state index in [1.54, 1.807) is 0 Å². The molecule has 12 heteroatoms. The second-order valence-corrected chi connectivity index (χ2v) is 7.61. The molecule has 0 atom stereocenters. The molecule has 0 saturated heterocycles. The van der Waals surface area contributed by atoms with Gasteiger partial charge in [-0.2, -0.15) is 34.8 Å². The van der Waals surface area contributed by atoms with Crippen LogP contribution < -0.4 is 4.18 Å². The lowest BCUT2D eigenvalue weighted by atomic mass is 10.1. The number of aromatic nitrogens is 2. The first-order valence-corrected chi connectivity index (χ1v) is 9.31. The molecule has 0 bridgehead atoms. The van der Waals surface area contributed by atoms with Gasteiger partial charge < -0.3 is 8.75 Å². The van der Waals surface area contributed by atoms with E-state index in [1.165, 1.54) is 35.9 Å². The minimum Gasteiger partial charge on any atom is -0.374 e. The Kier molecular flexibility index (Phi) is 5.01. The smallest absolute Gasteiger partial charge is 0.374 e. The van der Waals surface area contributed by atoms with Gasteiger partial charge in [-0.25, -0.2) is 4.98 Å². The van der Waals surface area contributed by atoms with Gasteiger partial charge in [-0.05, 0) is 23.8 Å². The third-order valence-corrected chi connectivity index (χ3v) is 5.03. The number of imidazole rings is 1. The normalized spacial score (nSPS) is 13.1. The fourth-order valence-corrected chi connectivity index (χ4v) is 3.13. The van der Waals surface area contributed by atoms with Gasteiger partial charge in [0.2, 0.25) is 0 Å². The van der Waals surface area contributed by atoms with Crippen molar-refractivity contribution in [2.24, 2.45) is 7.05 Å². The molecule has 29 heavy (non-hydrogen) atoms. The van der Waals surface area contributed by atoms with Crippen molar-refractivity contribution in [3.05, 3.63) is 59.4 Å². The molecule has 0 saturated carbocycles. The number of rotatable bonds is 4. The summed E-state index contributed by atoms with van der Waals surface area (Å²) < 4.78 is 105. The Morgan fingerprint density at radius 3 is 2.31 bits per heavy atom. The van der Waals surface area contributed by atoms with Crippen LogP contribution in [0.4, 0.5) is 26.3 Å². The molecule has 0 aliphatic rings. The lowest BCUT2D eigenvalue weighted by molar-refractivity contribution is -0.137. The van der Waals surface area contributed by atoms with Crippen molar-refractivity contribution < 1.29 is 38.9 Å². The molecule has 0 spiro atoms. The number of fused-ring (bicyclic) bond motifs is 1. The van der Waals surface area contributed by atoms with Gasteiger partial charge in [0, 0.05) is 13.5 Å². The summed E-state index contributed by atoms with van der Waals surface area (Å²) in [5, 5.41) is 0. The van der Waals surface area contributed by atoms with E-state index in [0.29, 0.717) is 0 Å². The highest BCUT2D eigenvalue weighted by atomic mass is 32.2. The van der Waals surface area contributed by atoms with Crippen molar-refractivity contribution in [3.63, 3.8) is 0 Å². The summed E-state index contributed by atoms with van der Waals surface area (Å²) in [7, 11) is -4.40. The van der Waals surface area contributed by atoms with Crippen LogP contribution in [-0.2, 0) is 29.8 Å². The molecule has 0 aliphatic heterocycles. The van der Waals surface area contributed by atoms with Gasteiger partial charge in [0.1, 0.15) is 11.3 Å². The highest BCUT2D eigenvalue weighted by molar-refractivity contribution is 7.88. The molecule has 0 aliphatic carbocycles. The molecule has 0 N–H and O–H groups in total. The molecule has 3 aromatic rings. The van der Waals surface area contributed by atoms with Gasteiger partial charge >= 0.3 is 21.8 Å². The predicted octanol–water partition coefficient (Wildman–Crippen LogP) is 4.41. The molecule has 5 nitrogen and oxygen atoms in total. The SMILES string of the molecule is Cn1c(Cc2cccc(C(F)(F)F)c2)nc2c(OS(=O)(=O)C(F)(F)F)cccc21. The minimum atomic E-state index is -5.90. The van der Waals surface area contributed by atoms with E-state index >= 15 is 0 Å². The summed E-state index contributed by atoms with van der Waals surface area (Å²) in [5.41, 5.74) is -6.12. The first-order valence-electron chi connectivity index (χ1n) is 7.91. The first-order chi connectivity index (χ1) is 13.3. The van der Waals surface area contributed by atoms with E-state index in [4.69, 9.17) is 0 Å². The van der Waals surface area contributed by atoms with E-state index in [9.17, 15) is 34.8 Å². The Morgan fingerprint density at radius 2 is 1.69 bits per heavy atom. The van der Waals surface area contributed by atoms with Crippen LogP contribution in [0.15, 0.2) is 42.5 Å². The Balaban J connectivity index is 2.01. The molecule has 3 rings (SSSR count). The lowest BCUT2D eigenvalue weighted by Crippen LogP contribution is -2.28. The number of hydrogen-bond acceptors (Lipinski definition) is 4. The Hall–Kier alpha value is -2.76. The van der Waals surface area contributed by atoms with Gasteiger partial charge in [-0.15, -0.1) is 0 Å². The Morgan fingerprint density at radius 1 is 1.03 bits per heavy atom. The van der Waals surface area contributed by atoms with E-state index in [2.05, 4.69) is 9.17 Å². The second kappa shape index (κ2) is 6.94. The van der Waals surface area contributed by atoms with Crippen molar-refractivity contribution in [3.8, 4) is 5.75 Å². The number of nitrogens with zero attached hydrogens (tertiary/aromatic N) is 2. The molecule has 0 fully saturated rings. The molecule has 0 amide bonds. The fraction of sp³-hybridized carbons (Fsp3) is 0.235. The van der Waals surface area contributed by atoms with E-state index < -0.39 is 33.1 Å². The van der Waals surface area contributed by atoms with Crippen LogP contribution in [0.2, 0.25) is 0 Å². The van der Waals surface area contributed by atoms with E-state index in [-0.39, 0.29) is 28.8 Å². The van der Waals surface area contributed by atoms with E-state index in [1.807, 2.05) is 0 Å². The Labute approximate surface area is 160 Å². The highest BCUT2D eigenvalue weighted by Crippen LogP contribution is 2.33. The second-order valence-electron chi connectivity index (χ2n) is 6.07. The number of alkyl halides is 6. The average Bonchev–Trinajstić information content (AvgIpc) is 2.91. The maximum atomic E-state index is 12.9. The van der Waals surface area contributed by atoms with Gasteiger partial charge in [0.15, 0.2) is 5.75 Å². The van der Waals surface area contributed by atoms with Crippen molar-refractivity contribution in [2.45, 2.75) is 18.1 Å². The fourth-order valence-electron chi connectivity index (χ4n) is 2.67. The van der Waals surface area contributed by atoms with Crippen LogP contribution in [0.25, 0.3) is 11.0 Å². The zero-order chi connectivity index (χ0) is 21.6. The molecule has 2 aromatic carbocycles. The van der Waals surface area contributed by atoms with Crippen molar-refractivity contribution >= 4 is 21.2 Å². The zero-order valence-electron chi connectivity index (χ0n) is 14.5. The summed E-state index contributed by atoms with van der Waals surface area (Å²) >= 11 is 0. The van der Waals surface area contributed by atoms with Gasteiger partial charge in [0.05, 0.1) is 11.1 Å². The Bertz CT molecular complexity index is 1170. The summed E-state index contributed by atoms with van der Waals surface area (Å²) in [4.78, 5) is 4.09. The maximum absolute atomic E-state index is 12.9.